The number of urea groups is 1. The van der Waals surface area contributed by atoms with Crippen molar-refractivity contribution in [1.29, 1.82) is 0 Å². The molecule has 2 aromatic carbocycles. The summed E-state index contributed by atoms with van der Waals surface area (Å²) in [6, 6.07) is 8.74. The smallest absolute Gasteiger partial charge is 0.323 e. The summed E-state index contributed by atoms with van der Waals surface area (Å²) >= 11 is 0. The van der Waals surface area contributed by atoms with Gasteiger partial charge in [0, 0.05) is 5.56 Å². The number of methoxy groups -OCH3 is 3. The summed E-state index contributed by atoms with van der Waals surface area (Å²) in [6.45, 7) is 1.76. The molecule has 0 saturated heterocycles. The van der Waals surface area contributed by atoms with E-state index in [0.29, 0.717) is 39.9 Å². The molecule has 1 heterocycles. The number of nitrogens with zero attached hydrogens (tertiary/aromatic N) is 1. The quantitative estimate of drug-likeness (QED) is 0.576. The fourth-order valence-corrected chi connectivity index (χ4v) is 2.84. The molecule has 152 valence electrons. The van der Waals surface area contributed by atoms with Gasteiger partial charge in [-0.25, -0.2) is 9.18 Å². The number of benzene rings is 2. The van der Waals surface area contributed by atoms with Crippen LogP contribution in [-0.4, -0.2) is 37.6 Å². The highest BCUT2D eigenvalue weighted by Gasteiger charge is 2.20. The van der Waals surface area contributed by atoms with Crippen LogP contribution in [0.5, 0.6) is 17.2 Å². The summed E-state index contributed by atoms with van der Waals surface area (Å²) in [5.41, 5.74) is 2.22. The predicted molar refractivity (Wildman–Crippen MR) is 107 cm³/mol. The Kier molecular flexibility index (Phi) is 5.87. The van der Waals surface area contributed by atoms with Gasteiger partial charge in [0.15, 0.2) is 11.5 Å². The zero-order valence-corrected chi connectivity index (χ0v) is 16.4. The molecule has 0 unspecified atom stereocenters. The van der Waals surface area contributed by atoms with Crippen molar-refractivity contribution in [2.45, 2.75) is 6.92 Å². The van der Waals surface area contributed by atoms with Crippen LogP contribution in [0.3, 0.4) is 0 Å². The molecule has 9 heteroatoms. The van der Waals surface area contributed by atoms with Gasteiger partial charge in [-0.2, -0.15) is 5.10 Å². The van der Waals surface area contributed by atoms with E-state index >= 15 is 0 Å². The van der Waals surface area contributed by atoms with Crippen molar-refractivity contribution < 1.29 is 23.4 Å². The molecule has 0 fully saturated rings. The minimum absolute atomic E-state index is 0.0699. The number of nitrogens with one attached hydrogen (secondary N) is 3. The van der Waals surface area contributed by atoms with Gasteiger partial charge in [0.25, 0.3) is 0 Å². The monoisotopic (exact) mass is 400 g/mol. The molecule has 0 spiro atoms. The van der Waals surface area contributed by atoms with Crippen molar-refractivity contribution in [2.24, 2.45) is 0 Å². The van der Waals surface area contributed by atoms with Gasteiger partial charge in [-0.3, -0.25) is 5.10 Å². The first-order valence-electron chi connectivity index (χ1n) is 8.66. The number of H-pyrrole nitrogens is 1. The van der Waals surface area contributed by atoms with Gasteiger partial charge in [0.2, 0.25) is 5.75 Å². The van der Waals surface area contributed by atoms with Crippen molar-refractivity contribution in [3.05, 3.63) is 47.9 Å². The minimum atomic E-state index is -0.603. The first-order chi connectivity index (χ1) is 14.0. The Balaban J connectivity index is 1.94. The Morgan fingerprint density at radius 2 is 1.69 bits per heavy atom. The molecule has 0 saturated carbocycles. The van der Waals surface area contributed by atoms with Gasteiger partial charge >= 0.3 is 6.03 Å². The van der Waals surface area contributed by atoms with E-state index in [-0.39, 0.29) is 5.69 Å². The maximum absolute atomic E-state index is 13.8. The number of ether oxygens (including phenoxy) is 3. The standard InChI is InChI=1S/C20H21FN4O4/c1-11-17(23-20(26)22-14-8-6-5-7-13(14)21)18(25-24-11)12-9-15(27-2)19(29-4)16(10-12)28-3/h5-10H,1-4H3,(H,24,25)(H2,22,23,26). The topological polar surface area (TPSA) is 97.5 Å². The summed E-state index contributed by atoms with van der Waals surface area (Å²) < 4.78 is 29.9. The minimum Gasteiger partial charge on any atom is -0.493 e. The normalized spacial score (nSPS) is 10.4. The summed E-state index contributed by atoms with van der Waals surface area (Å²) in [4.78, 5) is 12.4. The number of aryl methyl sites for hydroxylation is 1. The molecule has 3 N–H and O–H groups in total. The Morgan fingerprint density at radius 1 is 1.03 bits per heavy atom. The number of rotatable bonds is 6. The van der Waals surface area contributed by atoms with Crippen LogP contribution in [0.15, 0.2) is 36.4 Å². The molecule has 0 radical (unpaired) electrons. The maximum Gasteiger partial charge on any atom is 0.323 e. The van der Waals surface area contributed by atoms with Crippen LogP contribution in [0.1, 0.15) is 5.69 Å². The molecule has 0 bridgehead atoms. The molecule has 29 heavy (non-hydrogen) atoms. The molecule has 0 aliphatic rings. The Morgan fingerprint density at radius 3 is 2.28 bits per heavy atom. The molecular weight excluding hydrogens is 379 g/mol. The fourth-order valence-electron chi connectivity index (χ4n) is 2.84. The highest BCUT2D eigenvalue weighted by Crippen LogP contribution is 2.42. The fraction of sp³-hybridized carbons (Fsp3) is 0.200. The molecule has 3 rings (SSSR count). The van der Waals surface area contributed by atoms with Gasteiger partial charge in [0.1, 0.15) is 11.5 Å². The maximum atomic E-state index is 13.8. The number of aromatic amines is 1. The second kappa shape index (κ2) is 8.51. The third-order valence-electron chi connectivity index (χ3n) is 4.25. The predicted octanol–water partition coefficient (Wildman–Crippen LogP) is 4.19. The third kappa shape index (κ3) is 4.08. The number of carbonyl (C=O) groups is 1. The van der Waals surface area contributed by atoms with Gasteiger partial charge < -0.3 is 24.8 Å². The number of carbonyl (C=O) groups excluding carboxylic acids is 1. The molecule has 0 aliphatic carbocycles. The van der Waals surface area contributed by atoms with Crippen molar-refractivity contribution in [1.82, 2.24) is 10.2 Å². The lowest BCUT2D eigenvalue weighted by Gasteiger charge is -2.14. The highest BCUT2D eigenvalue weighted by molar-refractivity contribution is 6.02. The lowest BCUT2D eigenvalue weighted by molar-refractivity contribution is 0.262. The lowest BCUT2D eigenvalue weighted by Crippen LogP contribution is -2.20. The van der Waals surface area contributed by atoms with E-state index in [2.05, 4.69) is 20.8 Å². The van der Waals surface area contributed by atoms with Crippen LogP contribution in [-0.2, 0) is 0 Å². The molecule has 8 nitrogen and oxygen atoms in total. The van der Waals surface area contributed by atoms with Crippen molar-refractivity contribution in [2.75, 3.05) is 32.0 Å². The zero-order chi connectivity index (χ0) is 21.0. The van der Waals surface area contributed by atoms with E-state index in [4.69, 9.17) is 14.2 Å². The zero-order valence-electron chi connectivity index (χ0n) is 16.4. The first kappa shape index (κ1) is 20.0. The number of anilines is 2. The van der Waals surface area contributed by atoms with Crippen LogP contribution in [0, 0.1) is 12.7 Å². The molecule has 2 amide bonds. The molecule has 0 atom stereocenters. The van der Waals surface area contributed by atoms with E-state index < -0.39 is 11.8 Å². The third-order valence-corrected chi connectivity index (χ3v) is 4.25. The van der Waals surface area contributed by atoms with Crippen molar-refractivity contribution in [3.63, 3.8) is 0 Å². The van der Waals surface area contributed by atoms with E-state index in [9.17, 15) is 9.18 Å². The van der Waals surface area contributed by atoms with Crippen LogP contribution >= 0.6 is 0 Å². The number of amides is 2. The Hall–Kier alpha value is -3.75. The average Bonchev–Trinajstić information content (AvgIpc) is 3.08. The number of hydrogen-bond acceptors (Lipinski definition) is 5. The highest BCUT2D eigenvalue weighted by atomic mass is 19.1. The van der Waals surface area contributed by atoms with Crippen LogP contribution in [0.2, 0.25) is 0 Å². The van der Waals surface area contributed by atoms with Gasteiger partial charge in [-0.1, -0.05) is 12.1 Å². The summed E-state index contributed by atoms with van der Waals surface area (Å²) in [7, 11) is 4.54. The summed E-state index contributed by atoms with van der Waals surface area (Å²) in [5, 5.41) is 12.3. The Bertz CT molecular complexity index is 1010. The molecule has 3 aromatic rings. The van der Waals surface area contributed by atoms with E-state index in [1.54, 1.807) is 31.2 Å². The van der Waals surface area contributed by atoms with E-state index in [1.807, 2.05) is 0 Å². The second-order valence-electron chi connectivity index (χ2n) is 6.05. The van der Waals surface area contributed by atoms with E-state index in [0.717, 1.165) is 0 Å². The van der Waals surface area contributed by atoms with Crippen LogP contribution in [0.4, 0.5) is 20.6 Å². The average molecular weight is 400 g/mol. The van der Waals surface area contributed by atoms with Crippen LogP contribution < -0.4 is 24.8 Å². The van der Waals surface area contributed by atoms with Gasteiger partial charge in [-0.05, 0) is 31.2 Å². The number of hydrogen-bond donors (Lipinski definition) is 3. The number of halogens is 1. The number of aromatic nitrogens is 2. The molecular formula is C20H21FN4O4. The van der Waals surface area contributed by atoms with Crippen molar-refractivity contribution in [3.8, 4) is 28.5 Å². The molecule has 1 aromatic heterocycles. The Labute approximate surface area is 167 Å². The molecule has 0 aliphatic heterocycles. The van der Waals surface area contributed by atoms with Crippen molar-refractivity contribution >= 4 is 17.4 Å². The SMILES string of the molecule is COc1cc(-c2n[nH]c(C)c2NC(=O)Nc2ccccc2F)cc(OC)c1OC. The van der Waals surface area contributed by atoms with Gasteiger partial charge in [-0.15, -0.1) is 0 Å². The largest absolute Gasteiger partial charge is 0.493 e. The van der Waals surface area contributed by atoms with Crippen LogP contribution in [0.25, 0.3) is 11.3 Å². The number of para-hydroxylation sites is 1. The second-order valence-corrected chi connectivity index (χ2v) is 6.05. The summed E-state index contributed by atoms with van der Waals surface area (Å²) in [5.74, 6) is 0.808. The first-order valence-corrected chi connectivity index (χ1v) is 8.66. The lowest BCUT2D eigenvalue weighted by atomic mass is 10.1. The summed E-state index contributed by atoms with van der Waals surface area (Å²) in [6.07, 6.45) is 0. The van der Waals surface area contributed by atoms with E-state index in [1.165, 1.54) is 33.5 Å². The van der Waals surface area contributed by atoms with Gasteiger partial charge in [0.05, 0.1) is 38.4 Å².